The summed E-state index contributed by atoms with van der Waals surface area (Å²) in [5.74, 6) is 6.60. The zero-order chi connectivity index (χ0) is 18.4. The summed E-state index contributed by atoms with van der Waals surface area (Å²) in [6, 6.07) is 19.6. The third-order valence-corrected chi connectivity index (χ3v) is 8.29. The van der Waals surface area contributed by atoms with E-state index in [1.807, 2.05) is 74.5 Å². The summed E-state index contributed by atoms with van der Waals surface area (Å²) in [7, 11) is -2.88. The van der Waals surface area contributed by atoms with Crippen LogP contribution in [0.25, 0.3) is 0 Å². The van der Waals surface area contributed by atoms with Crippen LogP contribution < -0.4 is 10.6 Å². The van der Waals surface area contributed by atoms with E-state index >= 15 is 0 Å². The summed E-state index contributed by atoms with van der Waals surface area (Å²) in [5.41, 5.74) is 2.13. The standard InChI is InChI=1S/C24H25OP/c1-20(18-19-22-12-6-3-7-13-22)21(2)26(25,23-14-8-4-9-15-23)24-16-10-5-11-17-24/h4-5,8-12,14-17H,3,6-7,13H2,1-2H3/b21-20+. The van der Waals surface area contributed by atoms with Crippen LogP contribution in [0.2, 0.25) is 0 Å². The van der Waals surface area contributed by atoms with E-state index < -0.39 is 7.14 Å². The highest BCUT2D eigenvalue weighted by Gasteiger charge is 2.30. The Bertz CT molecular complexity index is 881. The van der Waals surface area contributed by atoms with Gasteiger partial charge >= 0.3 is 0 Å². The summed E-state index contributed by atoms with van der Waals surface area (Å²) in [4.78, 5) is 0. The maximum Gasteiger partial charge on any atom is 0.167 e. The molecule has 132 valence electrons. The van der Waals surface area contributed by atoms with E-state index in [0.29, 0.717) is 0 Å². The fraction of sp³-hybridized carbons (Fsp3) is 0.250. The molecule has 0 saturated heterocycles. The van der Waals surface area contributed by atoms with Gasteiger partial charge in [-0.25, -0.2) is 0 Å². The van der Waals surface area contributed by atoms with Crippen LogP contribution in [0.4, 0.5) is 0 Å². The number of rotatable bonds is 3. The molecule has 1 nitrogen and oxygen atoms in total. The lowest BCUT2D eigenvalue weighted by molar-refractivity contribution is 0.590. The molecule has 0 saturated carbocycles. The normalized spacial score (nSPS) is 15.4. The minimum Gasteiger partial charge on any atom is -0.309 e. The molecule has 0 N–H and O–H groups in total. The maximum absolute atomic E-state index is 14.3. The highest BCUT2D eigenvalue weighted by Crippen LogP contribution is 2.52. The summed E-state index contributed by atoms with van der Waals surface area (Å²) in [5, 5.41) is 2.60. The van der Waals surface area contributed by atoms with Crippen molar-refractivity contribution >= 4 is 17.8 Å². The van der Waals surface area contributed by atoms with Crippen LogP contribution in [0.3, 0.4) is 0 Å². The molecule has 1 aliphatic rings. The van der Waals surface area contributed by atoms with Crippen molar-refractivity contribution in [1.82, 2.24) is 0 Å². The molecule has 0 heterocycles. The summed E-state index contributed by atoms with van der Waals surface area (Å²) >= 11 is 0. The lowest BCUT2D eigenvalue weighted by Crippen LogP contribution is -2.17. The average Bonchev–Trinajstić information content (AvgIpc) is 2.73. The highest BCUT2D eigenvalue weighted by molar-refractivity contribution is 7.82. The van der Waals surface area contributed by atoms with Crippen molar-refractivity contribution in [3.05, 3.63) is 83.2 Å². The van der Waals surface area contributed by atoms with Crippen LogP contribution >= 0.6 is 7.14 Å². The summed E-state index contributed by atoms with van der Waals surface area (Å²) in [6.45, 7) is 3.96. The number of hydrogen-bond donors (Lipinski definition) is 0. The molecule has 3 rings (SSSR count). The molecule has 2 aromatic rings. The van der Waals surface area contributed by atoms with Gasteiger partial charge in [-0.05, 0) is 45.1 Å². The Morgan fingerprint density at radius 3 is 1.96 bits per heavy atom. The Labute approximate surface area is 157 Å². The molecule has 0 unspecified atom stereocenters. The van der Waals surface area contributed by atoms with Crippen LogP contribution in [0.15, 0.2) is 83.2 Å². The van der Waals surface area contributed by atoms with E-state index in [1.165, 1.54) is 18.4 Å². The van der Waals surface area contributed by atoms with Crippen molar-refractivity contribution in [2.45, 2.75) is 39.5 Å². The SMILES string of the molecule is C/C(C#CC1=CCCCC1)=C(/C)P(=O)(c1ccccc1)c1ccccc1. The average molecular weight is 360 g/mol. The quantitative estimate of drug-likeness (QED) is 0.499. The maximum atomic E-state index is 14.3. The van der Waals surface area contributed by atoms with Crippen molar-refractivity contribution in [3.8, 4) is 11.8 Å². The van der Waals surface area contributed by atoms with Gasteiger partial charge in [-0.3, -0.25) is 0 Å². The second kappa shape index (κ2) is 8.39. The minimum absolute atomic E-state index is 0.863. The Kier molecular flexibility index (Phi) is 5.97. The minimum atomic E-state index is -2.88. The van der Waals surface area contributed by atoms with Gasteiger partial charge in [-0.15, -0.1) is 0 Å². The van der Waals surface area contributed by atoms with Gasteiger partial charge in [0, 0.05) is 21.5 Å². The predicted molar refractivity (Wildman–Crippen MR) is 112 cm³/mol. The van der Waals surface area contributed by atoms with E-state index in [4.69, 9.17) is 0 Å². The van der Waals surface area contributed by atoms with Gasteiger partial charge in [0.05, 0.1) is 0 Å². The van der Waals surface area contributed by atoms with Crippen LogP contribution in [0, 0.1) is 11.8 Å². The fourth-order valence-electron chi connectivity index (χ4n) is 3.26. The molecular formula is C24H25OP. The highest BCUT2D eigenvalue weighted by atomic mass is 31.2. The van der Waals surface area contributed by atoms with E-state index in [0.717, 1.165) is 34.3 Å². The third kappa shape index (κ3) is 3.92. The molecule has 1 aliphatic carbocycles. The third-order valence-electron chi connectivity index (χ3n) is 4.96. The molecule has 0 aliphatic heterocycles. The smallest absolute Gasteiger partial charge is 0.167 e. The van der Waals surface area contributed by atoms with Gasteiger partial charge in [0.2, 0.25) is 0 Å². The van der Waals surface area contributed by atoms with E-state index in [1.54, 1.807) is 0 Å². The van der Waals surface area contributed by atoms with Crippen LogP contribution in [0.5, 0.6) is 0 Å². The summed E-state index contributed by atoms with van der Waals surface area (Å²) in [6.07, 6.45) is 6.91. The monoisotopic (exact) mass is 360 g/mol. The molecule has 0 atom stereocenters. The lowest BCUT2D eigenvalue weighted by Gasteiger charge is -2.21. The van der Waals surface area contributed by atoms with E-state index in [9.17, 15) is 4.57 Å². The topological polar surface area (TPSA) is 17.1 Å². The number of allylic oxidation sites excluding steroid dienone is 4. The largest absolute Gasteiger partial charge is 0.309 e. The molecule has 0 fully saturated rings. The first-order valence-corrected chi connectivity index (χ1v) is 10.9. The second-order valence-corrected chi connectivity index (χ2v) is 9.64. The molecule has 26 heavy (non-hydrogen) atoms. The van der Waals surface area contributed by atoms with Gasteiger partial charge in [-0.2, -0.15) is 0 Å². The Morgan fingerprint density at radius 2 is 1.46 bits per heavy atom. The van der Waals surface area contributed by atoms with Crippen molar-refractivity contribution in [3.63, 3.8) is 0 Å². The molecule has 2 aromatic carbocycles. The first-order chi connectivity index (χ1) is 12.6. The Morgan fingerprint density at radius 1 is 0.885 bits per heavy atom. The number of hydrogen-bond acceptors (Lipinski definition) is 1. The molecular weight excluding hydrogens is 335 g/mol. The van der Waals surface area contributed by atoms with Gasteiger partial charge < -0.3 is 4.57 Å². The van der Waals surface area contributed by atoms with Crippen LogP contribution in [-0.2, 0) is 4.57 Å². The predicted octanol–water partition coefficient (Wildman–Crippen LogP) is 5.80. The number of benzene rings is 2. The van der Waals surface area contributed by atoms with Gasteiger partial charge in [0.25, 0.3) is 0 Å². The van der Waals surface area contributed by atoms with E-state index in [2.05, 4.69) is 17.9 Å². The lowest BCUT2D eigenvalue weighted by atomic mass is 10.00. The van der Waals surface area contributed by atoms with Crippen molar-refractivity contribution < 1.29 is 4.57 Å². The first kappa shape index (κ1) is 18.5. The van der Waals surface area contributed by atoms with Crippen LogP contribution in [-0.4, -0.2) is 0 Å². The molecule has 2 heteroatoms. The molecule has 0 spiro atoms. The van der Waals surface area contributed by atoms with Crippen molar-refractivity contribution in [2.24, 2.45) is 0 Å². The van der Waals surface area contributed by atoms with Crippen LogP contribution in [0.1, 0.15) is 39.5 Å². The molecule has 0 aromatic heterocycles. The Balaban J connectivity index is 2.09. The van der Waals surface area contributed by atoms with Gasteiger partial charge in [0.1, 0.15) is 0 Å². The summed E-state index contributed by atoms with van der Waals surface area (Å²) < 4.78 is 14.3. The van der Waals surface area contributed by atoms with Crippen molar-refractivity contribution in [1.29, 1.82) is 0 Å². The zero-order valence-corrected chi connectivity index (χ0v) is 16.4. The zero-order valence-electron chi connectivity index (χ0n) is 15.5. The first-order valence-electron chi connectivity index (χ1n) is 9.23. The molecule has 0 amide bonds. The Hall–Kier alpha value is -2.29. The molecule has 0 bridgehead atoms. The fourth-order valence-corrected chi connectivity index (χ4v) is 6.05. The second-order valence-electron chi connectivity index (χ2n) is 6.72. The van der Waals surface area contributed by atoms with Crippen molar-refractivity contribution in [2.75, 3.05) is 0 Å². The van der Waals surface area contributed by atoms with Gasteiger partial charge in [-0.1, -0.05) is 78.6 Å². The van der Waals surface area contributed by atoms with Gasteiger partial charge in [0.15, 0.2) is 7.14 Å². The van der Waals surface area contributed by atoms with E-state index in [-0.39, 0.29) is 0 Å². The molecule has 0 radical (unpaired) electrons.